The molecule has 1 aliphatic rings. The van der Waals surface area contributed by atoms with E-state index in [2.05, 4.69) is 16.6 Å². The number of rotatable bonds is 3. The Hall–Kier alpha value is -1.27. The molecule has 1 aliphatic heterocycles. The SMILES string of the molecule is CC1CC(N)CCN1Cc1cccc(OC(F)(F)F)c1. The Kier molecular flexibility index (Phi) is 4.55. The van der Waals surface area contributed by atoms with Gasteiger partial charge in [-0.15, -0.1) is 13.2 Å². The van der Waals surface area contributed by atoms with Crippen molar-refractivity contribution in [1.29, 1.82) is 0 Å². The Morgan fingerprint density at radius 2 is 2.15 bits per heavy atom. The summed E-state index contributed by atoms with van der Waals surface area (Å²) in [7, 11) is 0. The second-order valence-electron chi connectivity index (χ2n) is 5.30. The highest BCUT2D eigenvalue weighted by molar-refractivity contribution is 5.28. The van der Waals surface area contributed by atoms with Gasteiger partial charge in [0.1, 0.15) is 5.75 Å². The van der Waals surface area contributed by atoms with E-state index in [1.54, 1.807) is 6.07 Å². The number of nitrogens with two attached hydrogens (primary N) is 1. The number of ether oxygens (including phenoxy) is 1. The fraction of sp³-hybridized carbons (Fsp3) is 0.571. The molecule has 20 heavy (non-hydrogen) atoms. The van der Waals surface area contributed by atoms with Crippen LogP contribution in [0.4, 0.5) is 13.2 Å². The lowest BCUT2D eigenvalue weighted by molar-refractivity contribution is -0.274. The standard InChI is InChI=1S/C14H19F3N2O/c1-10-7-12(18)5-6-19(10)9-11-3-2-4-13(8-11)20-14(15,16)17/h2-4,8,10,12H,5-7,9,18H2,1H3. The van der Waals surface area contributed by atoms with Crippen LogP contribution in [0.2, 0.25) is 0 Å². The predicted octanol–water partition coefficient (Wildman–Crippen LogP) is 2.90. The van der Waals surface area contributed by atoms with Crippen molar-refractivity contribution in [2.24, 2.45) is 5.73 Å². The van der Waals surface area contributed by atoms with Crippen LogP contribution in [0.1, 0.15) is 25.3 Å². The van der Waals surface area contributed by atoms with Crippen molar-refractivity contribution < 1.29 is 17.9 Å². The lowest BCUT2D eigenvalue weighted by atomic mass is 9.98. The molecule has 112 valence electrons. The molecule has 2 rings (SSSR count). The average molecular weight is 288 g/mol. The van der Waals surface area contributed by atoms with E-state index in [9.17, 15) is 13.2 Å². The van der Waals surface area contributed by atoms with Gasteiger partial charge in [0.25, 0.3) is 0 Å². The zero-order valence-electron chi connectivity index (χ0n) is 11.4. The van der Waals surface area contributed by atoms with Gasteiger partial charge in [-0.1, -0.05) is 12.1 Å². The number of hydrogen-bond donors (Lipinski definition) is 1. The lowest BCUT2D eigenvalue weighted by Gasteiger charge is -2.36. The highest BCUT2D eigenvalue weighted by atomic mass is 19.4. The number of halogens is 3. The predicted molar refractivity (Wildman–Crippen MR) is 70.2 cm³/mol. The number of benzene rings is 1. The molecule has 0 radical (unpaired) electrons. The molecular formula is C14H19F3N2O. The first kappa shape index (κ1) is 15.1. The number of hydrogen-bond acceptors (Lipinski definition) is 3. The summed E-state index contributed by atoms with van der Waals surface area (Å²) in [4.78, 5) is 2.23. The Labute approximate surface area is 116 Å². The van der Waals surface area contributed by atoms with Crippen LogP contribution in [0.15, 0.2) is 24.3 Å². The molecule has 0 bridgehead atoms. The van der Waals surface area contributed by atoms with E-state index in [0.29, 0.717) is 12.6 Å². The molecule has 1 fully saturated rings. The summed E-state index contributed by atoms with van der Waals surface area (Å²) in [6, 6.07) is 6.70. The second kappa shape index (κ2) is 6.01. The van der Waals surface area contributed by atoms with Gasteiger partial charge in [-0.2, -0.15) is 0 Å². The Bertz CT molecular complexity index is 450. The maximum absolute atomic E-state index is 12.2. The highest BCUT2D eigenvalue weighted by Gasteiger charge is 2.31. The van der Waals surface area contributed by atoms with Crippen molar-refractivity contribution >= 4 is 0 Å². The third-order valence-electron chi connectivity index (χ3n) is 3.57. The Balaban J connectivity index is 2.01. The van der Waals surface area contributed by atoms with E-state index in [1.807, 2.05) is 6.07 Å². The van der Waals surface area contributed by atoms with Crippen molar-refractivity contribution in [1.82, 2.24) is 4.90 Å². The summed E-state index contributed by atoms with van der Waals surface area (Å²) in [6.07, 6.45) is -2.81. The normalized spacial score (nSPS) is 24.6. The van der Waals surface area contributed by atoms with E-state index in [0.717, 1.165) is 24.9 Å². The molecule has 0 aliphatic carbocycles. The highest BCUT2D eigenvalue weighted by Crippen LogP contribution is 2.25. The quantitative estimate of drug-likeness (QED) is 0.929. The van der Waals surface area contributed by atoms with Crippen molar-refractivity contribution in [3.8, 4) is 5.75 Å². The van der Waals surface area contributed by atoms with Gasteiger partial charge < -0.3 is 10.5 Å². The maximum atomic E-state index is 12.2. The number of piperidine rings is 1. The molecule has 2 N–H and O–H groups in total. The third kappa shape index (κ3) is 4.38. The second-order valence-corrected chi connectivity index (χ2v) is 5.30. The van der Waals surface area contributed by atoms with Crippen LogP contribution in [0, 0.1) is 0 Å². The van der Waals surface area contributed by atoms with Gasteiger partial charge in [0.05, 0.1) is 0 Å². The summed E-state index contributed by atoms with van der Waals surface area (Å²) >= 11 is 0. The van der Waals surface area contributed by atoms with Crippen molar-refractivity contribution in [3.05, 3.63) is 29.8 Å². The monoisotopic (exact) mass is 288 g/mol. The topological polar surface area (TPSA) is 38.5 Å². The summed E-state index contributed by atoms with van der Waals surface area (Å²) in [5.74, 6) is -0.170. The minimum absolute atomic E-state index is 0.170. The number of likely N-dealkylation sites (tertiary alicyclic amines) is 1. The van der Waals surface area contributed by atoms with Crippen LogP contribution in [-0.4, -0.2) is 29.9 Å². The molecule has 1 aromatic rings. The van der Waals surface area contributed by atoms with Gasteiger partial charge in [-0.05, 0) is 37.5 Å². The zero-order valence-corrected chi connectivity index (χ0v) is 11.4. The first-order valence-electron chi connectivity index (χ1n) is 6.68. The molecule has 0 spiro atoms. The summed E-state index contributed by atoms with van der Waals surface area (Å²) in [5, 5.41) is 0. The number of alkyl halides is 3. The molecule has 1 aromatic carbocycles. The first-order chi connectivity index (χ1) is 9.33. The number of nitrogens with zero attached hydrogens (tertiary/aromatic N) is 1. The molecule has 0 amide bonds. The van der Waals surface area contributed by atoms with Crippen LogP contribution < -0.4 is 10.5 Å². The van der Waals surface area contributed by atoms with E-state index in [-0.39, 0.29) is 11.8 Å². The molecule has 0 aromatic heterocycles. The van der Waals surface area contributed by atoms with Crippen molar-refractivity contribution in [2.75, 3.05) is 6.54 Å². The van der Waals surface area contributed by atoms with Gasteiger partial charge in [0.2, 0.25) is 0 Å². The lowest BCUT2D eigenvalue weighted by Crippen LogP contribution is -2.44. The fourth-order valence-corrected chi connectivity index (χ4v) is 2.57. The Morgan fingerprint density at radius 3 is 2.80 bits per heavy atom. The van der Waals surface area contributed by atoms with E-state index >= 15 is 0 Å². The third-order valence-corrected chi connectivity index (χ3v) is 3.57. The molecule has 3 nitrogen and oxygen atoms in total. The summed E-state index contributed by atoms with van der Waals surface area (Å²) in [6.45, 7) is 3.57. The maximum Gasteiger partial charge on any atom is 0.573 e. The Morgan fingerprint density at radius 1 is 1.40 bits per heavy atom. The van der Waals surface area contributed by atoms with Gasteiger partial charge in [0, 0.05) is 25.2 Å². The van der Waals surface area contributed by atoms with Gasteiger partial charge in [0.15, 0.2) is 0 Å². The summed E-state index contributed by atoms with van der Waals surface area (Å²) < 4.78 is 40.5. The molecule has 2 unspecified atom stereocenters. The van der Waals surface area contributed by atoms with E-state index < -0.39 is 6.36 Å². The molecule has 1 heterocycles. The van der Waals surface area contributed by atoms with Crippen LogP contribution in [0.3, 0.4) is 0 Å². The molecule has 2 atom stereocenters. The molecular weight excluding hydrogens is 269 g/mol. The van der Waals surface area contributed by atoms with Gasteiger partial charge in [-0.25, -0.2) is 0 Å². The summed E-state index contributed by atoms with van der Waals surface area (Å²) in [5.41, 5.74) is 6.72. The van der Waals surface area contributed by atoms with Crippen LogP contribution in [0.25, 0.3) is 0 Å². The molecule has 0 saturated carbocycles. The molecule has 6 heteroatoms. The van der Waals surface area contributed by atoms with Gasteiger partial charge >= 0.3 is 6.36 Å². The zero-order chi connectivity index (χ0) is 14.8. The van der Waals surface area contributed by atoms with Gasteiger partial charge in [-0.3, -0.25) is 4.90 Å². The minimum atomic E-state index is -4.65. The van der Waals surface area contributed by atoms with Crippen LogP contribution in [0.5, 0.6) is 5.75 Å². The fourth-order valence-electron chi connectivity index (χ4n) is 2.57. The van der Waals surface area contributed by atoms with Crippen LogP contribution >= 0.6 is 0 Å². The minimum Gasteiger partial charge on any atom is -0.406 e. The molecule has 1 saturated heterocycles. The average Bonchev–Trinajstić information content (AvgIpc) is 2.31. The van der Waals surface area contributed by atoms with E-state index in [4.69, 9.17) is 5.73 Å². The largest absolute Gasteiger partial charge is 0.573 e. The van der Waals surface area contributed by atoms with Crippen molar-refractivity contribution in [3.63, 3.8) is 0 Å². The van der Waals surface area contributed by atoms with Crippen molar-refractivity contribution in [2.45, 2.75) is 44.8 Å². The van der Waals surface area contributed by atoms with Crippen LogP contribution in [-0.2, 0) is 6.54 Å². The first-order valence-corrected chi connectivity index (χ1v) is 6.68. The smallest absolute Gasteiger partial charge is 0.406 e. The van der Waals surface area contributed by atoms with E-state index in [1.165, 1.54) is 12.1 Å².